The van der Waals surface area contributed by atoms with Crippen LogP contribution in [0.15, 0.2) is 0 Å². The largest absolute Gasteiger partial charge is 0.392 e. The SMILES string of the molecule is CC(O)CNC(=O)CCNC(=O)C12CC3CC(CC(C3)C1)C2. The summed E-state index contributed by atoms with van der Waals surface area (Å²) >= 11 is 0. The van der Waals surface area contributed by atoms with E-state index in [1.807, 2.05) is 0 Å². The van der Waals surface area contributed by atoms with Crippen molar-refractivity contribution in [1.29, 1.82) is 0 Å². The number of rotatable bonds is 6. The van der Waals surface area contributed by atoms with Crippen LogP contribution in [0.4, 0.5) is 0 Å². The highest BCUT2D eigenvalue weighted by Gasteiger charge is 2.54. The highest BCUT2D eigenvalue weighted by atomic mass is 16.3. The van der Waals surface area contributed by atoms with E-state index in [4.69, 9.17) is 5.11 Å². The van der Waals surface area contributed by atoms with E-state index in [1.54, 1.807) is 6.92 Å². The number of amides is 2. The number of aliphatic hydroxyl groups excluding tert-OH is 1. The second kappa shape index (κ2) is 6.19. The molecule has 0 aromatic carbocycles. The smallest absolute Gasteiger partial charge is 0.226 e. The minimum absolute atomic E-state index is 0.119. The highest BCUT2D eigenvalue weighted by molar-refractivity contribution is 5.84. The Balaban J connectivity index is 1.45. The first-order valence-electron chi connectivity index (χ1n) is 8.70. The van der Waals surface area contributed by atoms with Crippen LogP contribution in [-0.2, 0) is 9.59 Å². The van der Waals surface area contributed by atoms with Crippen LogP contribution in [0, 0.1) is 23.2 Å². The summed E-state index contributed by atoms with van der Waals surface area (Å²) in [6.45, 7) is 2.29. The molecule has 4 rings (SSSR count). The Morgan fingerprint density at radius 2 is 1.64 bits per heavy atom. The van der Waals surface area contributed by atoms with Gasteiger partial charge in [-0.1, -0.05) is 0 Å². The van der Waals surface area contributed by atoms with E-state index < -0.39 is 6.10 Å². The van der Waals surface area contributed by atoms with E-state index in [1.165, 1.54) is 19.3 Å². The van der Waals surface area contributed by atoms with Crippen LogP contribution >= 0.6 is 0 Å². The molecular formula is C17H28N2O3. The lowest BCUT2D eigenvalue weighted by molar-refractivity contribution is -0.146. The maximum Gasteiger partial charge on any atom is 0.226 e. The zero-order valence-electron chi connectivity index (χ0n) is 13.4. The molecule has 0 saturated heterocycles. The fraction of sp³-hybridized carbons (Fsp3) is 0.882. The Bertz CT molecular complexity index is 412. The summed E-state index contributed by atoms with van der Waals surface area (Å²) in [5, 5.41) is 14.8. The van der Waals surface area contributed by atoms with Gasteiger partial charge in [0.05, 0.1) is 6.10 Å². The highest BCUT2D eigenvalue weighted by Crippen LogP contribution is 2.60. The molecule has 2 amide bonds. The van der Waals surface area contributed by atoms with Crippen molar-refractivity contribution in [2.24, 2.45) is 23.2 Å². The minimum Gasteiger partial charge on any atom is -0.392 e. The van der Waals surface area contributed by atoms with E-state index >= 15 is 0 Å². The standard InChI is InChI=1S/C17H28N2O3/c1-11(20)10-19-15(21)2-3-18-16(22)17-7-12-4-13(8-17)6-14(5-12)9-17/h11-14,20H,2-10H2,1H3,(H,18,22)(H,19,21). The van der Waals surface area contributed by atoms with Crippen LogP contribution < -0.4 is 10.6 Å². The number of hydrogen-bond donors (Lipinski definition) is 3. The molecule has 0 radical (unpaired) electrons. The van der Waals surface area contributed by atoms with Crippen molar-refractivity contribution in [3.8, 4) is 0 Å². The van der Waals surface area contributed by atoms with Gasteiger partial charge in [-0.25, -0.2) is 0 Å². The molecule has 0 aromatic rings. The lowest BCUT2D eigenvalue weighted by Gasteiger charge is -2.55. The Morgan fingerprint density at radius 3 is 2.14 bits per heavy atom. The minimum atomic E-state index is -0.537. The number of hydrogen-bond acceptors (Lipinski definition) is 3. The summed E-state index contributed by atoms with van der Waals surface area (Å²) in [5.74, 6) is 2.32. The Labute approximate surface area is 132 Å². The van der Waals surface area contributed by atoms with Gasteiger partial charge in [-0.3, -0.25) is 9.59 Å². The fourth-order valence-electron chi connectivity index (χ4n) is 5.22. The van der Waals surface area contributed by atoms with Gasteiger partial charge in [-0.2, -0.15) is 0 Å². The first kappa shape index (κ1) is 15.8. The Morgan fingerprint density at radius 1 is 1.09 bits per heavy atom. The topological polar surface area (TPSA) is 78.4 Å². The molecule has 0 aromatic heterocycles. The second-order valence-electron chi connectivity index (χ2n) is 7.86. The number of carbonyl (C=O) groups is 2. The Kier molecular flexibility index (Phi) is 4.44. The van der Waals surface area contributed by atoms with Crippen LogP contribution in [0.2, 0.25) is 0 Å². The van der Waals surface area contributed by atoms with E-state index in [-0.39, 0.29) is 30.2 Å². The van der Waals surface area contributed by atoms with Gasteiger partial charge < -0.3 is 15.7 Å². The molecule has 3 N–H and O–H groups in total. The van der Waals surface area contributed by atoms with Crippen LogP contribution in [0.5, 0.6) is 0 Å². The van der Waals surface area contributed by atoms with E-state index in [2.05, 4.69) is 10.6 Å². The summed E-state index contributed by atoms with van der Waals surface area (Å²) in [6, 6.07) is 0. The van der Waals surface area contributed by atoms with E-state index in [0.29, 0.717) is 6.54 Å². The summed E-state index contributed by atoms with van der Waals surface area (Å²) in [7, 11) is 0. The number of nitrogens with one attached hydrogen (secondary N) is 2. The van der Waals surface area contributed by atoms with E-state index in [9.17, 15) is 9.59 Å². The zero-order valence-corrected chi connectivity index (χ0v) is 13.4. The van der Waals surface area contributed by atoms with Crippen LogP contribution in [0.3, 0.4) is 0 Å². The molecule has 1 atom stereocenters. The molecule has 4 aliphatic rings. The van der Waals surface area contributed by atoms with Crippen LogP contribution in [0.1, 0.15) is 51.9 Å². The van der Waals surface area contributed by atoms with Gasteiger partial charge in [0.2, 0.25) is 11.8 Å². The third-order valence-electron chi connectivity index (χ3n) is 5.75. The van der Waals surface area contributed by atoms with Gasteiger partial charge in [0.1, 0.15) is 0 Å². The first-order chi connectivity index (χ1) is 10.5. The van der Waals surface area contributed by atoms with Crippen molar-refractivity contribution in [2.45, 2.75) is 58.0 Å². The molecule has 0 aliphatic heterocycles. The lowest BCUT2D eigenvalue weighted by Crippen LogP contribution is -2.53. The average molecular weight is 308 g/mol. The van der Waals surface area contributed by atoms with Gasteiger partial charge in [-0.15, -0.1) is 0 Å². The van der Waals surface area contributed by atoms with Crippen molar-refractivity contribution < 1.29 is 14.7 Å². The van der Waals surface area contributed by atoms with Gasteiger partial charge >= 0.3 is 0 Å². The van der Waals surface area contributed by atoms with E-state index in [0.717, 1.165) is 37.0 Å². The van der Waals surface area contributed by atoms with Gasteiger partial charge in [0.15, 0.2) is 0 Å². The molecule has 4 bridgehead atoms. The number of aliphatic hydroxyl groups is 1. The molecule has 0 spiro atoms. The molecular weight excluding hydrogens is 280 g/mol. The summed E-state index contributed by atoms with van der Waals surface area (Å²) in [4.78, 5) is 24.3. The van der Waals surface area contributed by atoms with Crippen LogP contribution in [0.25, 0.3) is 0 Å². The summed E-state index contributed by atoms with van der Waals surface area (Å²) in [6.07, 6.45) is 6.89. The molecule has 5 nitrogen and oxygen atoms in total. The van der Waals surface area contributed by atoms with Crippen molar-refractivity contribution in [3.63, 3.8) is 0 Å². The quantitative estimate of drug-likeness (QED) is 0.690. The normalized spacial score (nSPS) is 36.9. The molecule has 124 valence electrons. The van der Waals surface area contributed by atoms with Gasteiger partial charge in [0.25, 0.3) is 0 Å². The van der Waals surface area contributed by atoms with Crippen molar-refractivity contribution in [2.75, 3.05) is 13.1 Å². The third-order valence-corrected chi connectivity index (χ3v) is 5.75. The molecule has 5 heteroatoms. The fourth-order valence-corrected chi connectivity index (χ4v) is 5.22. The monoisotopic (exact) mass is 308 g/mol. The van der Waals surface area contributed by atoms with Crippen molar-refractivity contribution >= 4 is 11.8 Å². The average Bonchev–Trinajstić information content (AvgIpc) is 2.43. The van der Waals surface area contributed by atoms with Gasteiger partial charge in [0, 0.05) is 24.9 Å². The summed E-state index contributed by atoms with van der Waals surface area (Å²) < 4.78 is 0. The third kappa shape index (κ3) is 3.29. The Hall–Kier alpha value is -1.10. The molecule has 1 unspecified atom stereocenters. The maximum absolute atomic E-state index is 12.7. The van der Waals surface area contributed by atoms with Crippen LogP contribution in [-0.4, -0.2) is 36.1 Å². The van der Waals surface area contributed by atoms with Gasteiger partial charge in [-0.05, 0) is 63.2 Å². The van der Waals surface area contributed by atoms with Crippen molar-refractivity contribution in [1.82, 2.24) is 10.6 Å². The molecule has 22 heavy (non-hydrogen) atoms. The zero-order chi connectivity index (χ0) is 15.7. The lowest BCUT2D eigenvalue weighted by atomic mass is 9.49. The van der Waals surface area contributed by atoms with Crippen molar-refractivity contribution in [3.05, 3.63) is 0 Å². The maximum atomic E-state index is 12.7. The predicted molar refractivity (Wildman–Crippen MR) is 82.9 cm³/mol. The molecule has 0 heterocycles. The molecule has 4 saturated carbocycles. The summed E-state index contributed by atoms with van der Waals surface area (Å²) in [5.41, 5.74) is -0.134. The number of carbonyl (C=O) groups excluding carboxylic acids is 2. The molecule has 4 aliphatic carbocycles. The molecule has 4 fully saturated rings. The predicted octanol–water partition coefficient (Wildman–Crippen LogP) is 1.21. The first-order valence-corrected chi connectivity index (χ1v) is 8.70. The second-order valence-corrected chi connectivity index (χ2v) is 7.86.